The van der Waals surface area contributed by atoms with Crippen molar-refractivity contribution in [3.63, 3.8) is 0 Å². The summed E-state index contributed by atoms with van der Waals surface area (Å²) >= 11 is 4.98. The Balaban J connectivity index is 1.66. The van der Waals surface area contributed by atoms with Crippen molar-refractivity contribution in [2.45, 2.75) is 38.4 Å². The van der Waals surface area contributed by atoms with Crippen molar-refractivity contribution >= 4 is 39.3 Å². The van der Waals surface area contributed by atoms with Crippen molar-refractivity contribution < 1.29 is 14.7 Å². The van der Waals surface area contributed by atoms with Crippen LogP contribution in [0.5, 0.6) is 0 Å². The topological polar surface area (TPSA) is 81.7 Å². The molecule has 2 rings (SSSR count). The molecule has 0 atom stereocenters. The Morgan fingerprint density at radius 2 is 2.23 bits per heavy atom. The average Bonchev–Trinajstić information content (AvgIpc) is 2.83. The third-order valence-corrected chi connectivity index (χ3v) is 5.34. The smallest absolute Gasteiger partial charge is 0.317 e. The molecule has 8 heteroatoms. The van der Waals surface area contributed by atoms with Gasteiger partial charge in [-0.25, -0.2) is 4.79 Å². The minimum absolute atomic E-state index is 0.0626. The summed E-state index contributed by atoms with van der Waals surface area (Å²) in [6, 6.07) is 2.18. The summed E-state index contributed by atoms with van der Waals surface area (Å²) in [6.07, 6.45) is 1.61. The van der Waals surface area contributed by atoms with Gasteiger partial charge in [-0.15, -0.1) is 11.3 Å². The number of nitrogens with zero attached hydrogens (tertiary/aromatic N) is 1. The number of likely N-dealkylation sites (N-methyl/N-ethyl adjacent to an activating group) is 1. The molecule has 1 aromatic heterocycles. The van der Waals surface area contributed by atoms with Crippen molar-refractivity contribution in [2.75, 3.05) is 13.1 Å². The van der Waals surface area contributed by atoms with Gasteiger partial charge in [0.2, 0.25) is 0 Å². The Kier molecular flexibility index (Phi) is 6.22. The maximum Gasteiger partial charge on any atom is 0.317 e. The molecule has 1 aromatic rings. The highest BCUT2D eigenvalue weighted by Gasteiger charge is 2.34. The van der Waals surface area contributed by atoms with E-state index < -0.39 is 5.97 Å². The van der Waals surface area contributed by atoms with Crippen LogP contribution in [0.25, 0.3) is 0 Å². The molecule has 6 nitrogen and oxygen atoms in total. The number of halogens is 1. The maximum absolute atomic E-state index is 11.8. The van der Waals surface area contributed by atoms with Crippen molar-refractivity contribution in [1.29, 1.82) is 0 Å². The molecular formula is C14H20BrN3O3S. The lowest BCUT2D eigenvalue weighted by Gasteiger charge is -2.42. The predicted octanol–water partition coefficient (Wildman–Crippen LogP) is 2.25. The average molecular weight is 390 g/mol. The van der Waals surface area contributed by atoms with Gasteiger partial charge in [0.1, 0.15) is 0 Å². The number of hydrogen-bond acceptors (Lipinski definition) is 4. The number of hydrogen-bond donors (Lipinski definition) is 3. The monoisotopic (exact) mass is 389 g/mol. The third-order valence-electron chi connectivity index (χ3n) is 3.78. The first-order valence-corrected chi connectivity index (χ1v) is 8.88. The highest BCUT2D eigenvalue weighted by Crippen LogP contribution is 2.25. The molecule has 2 amide bonds. The van der Waals surface area contributed by atoms with Crippen LogP contribution in [-0.2, 0) is 11.3 Å². The molecule has 0 spiro atoms. The number of aliphatic carboxylic acids is 1. The largest absolute Gasteiger partial charge is 0.480 e. The molecule has 0 radical (unpaired) electrons. The van der Waals surface area contributed by atoms with Gasteiger partial charge >= 0.3 is 12.0 Å². The van der Waals surface area contributed by atoms with E-state index >= 15 is 0 Å². The number of rotatable bonds is 7. The van der Waals surface area contributed by atoms with Gasteiger partial charge in [0.15, 0.2) is 0 Å². The van der Waals surface area contributed by atoms with E-state index in [4.69, 9.17) is 5.11 Å². The molecule has 1 heterocycles. The molecule has 1 fully saturated rings. The fourth-order valence-corrected chi connectivity index (χ4v) is 3.74. The van der Waals surface area contributed by atoms with Crippen LogP contribution in [0, 0.1) is 0 Å². The highest BCUT2D eigenvalue weighted by atomic mass is 79.9. The second-order valence-electron chi connectivity index (χ2n) is 5.37. The number of carbonyl (C=O) groups excluding carboxylic acids is 1. The predicted molar refractivity (Wildman–Crippen MR) is 89.1 cm³/mol. The van der Waals surface area contributed by atoms with E-state index in [-0.39, 0.29) is 24.7 Å². The first kappa shape index (κ1) is 17.2. The van der Waals surface area contributed by atoms with E-state index in [9.17, 15) is 9.59 Å². The Morgan fingerprint density at radius 3 is 2.77 bits per heavy atom. The van der Waals surface area contributed by atoms with Crippen LogP contribution < -0.4 is 10.6 Å². The molecule has 0 saturated heterocycles. The van der Waals surface area contributed by atoms with Gasteiger partial charge in [-0.3, -0.25) is 9.69 Å². The summed E-state index contributed by atoms with van der Waals surface area (Å²) in [6.45, 7) is 3.23. The number of thiophene rings is 1. The summed E-state index contributed by atoms with van der Waals surface area (Å²) in [4.78, 5) is 24.5. The van der Waals surface area contributed by atoms with E-state index in [0.717, 1.165) is 22.2 Å². The number of carboxylic acid groups (broad SMARTS) is 1. The Labute approximate surface area is 142 Å². The molecule has 0 aliphatic heterocycles. The normalized spacial score (nSPS) is 20.5. The van der Waals surface area contributed by atoms with Gasteiger partial charge in [-0.05, 0) is 52.3 Å². The molecule has 22 heavy (non-hydrogen) atoms. The number of carboxylic acids is 1. The number of urea groups is 1. The molecule has 0 aromatic carbocycles. The zero-order valence-electron chi connectivity index (χ0n) is 12.3. The lowest BCUT2D eigenvalue weighted by atomic mass is 9.85. The molecule has 0 unspecified atom stereocenters. The van der Waals surface area contributed by atoms with Crippen LogP contribution in [0.4, 0.5) is 4.79 Å². The minimum Gasteiger partial charge on any atom is -0.480 e. The fraction of sp³-hybridized carbons (Fsp3) is 0.571. The zero-order chi connectivity index (χ0) is 16.1. The van der Waals surface area contributed by atoms with Crippen LogP contribution >= 0.6 is 27.3 Å². The molecule has 3 N–H and O–H groups in total. The zero-order valence-corrected chi connectivity index (χ0v) is 14.7. The van der Waals surface area contributed by atoms with Crippen LogP contribution in [0.3, 0.4) is 0 Å². The Hall–Kier alpha value is -1.12. The molecular weight excluding hydrogens is 370 g/mol. The second kappa shape index (κ2) is 7.94. The molecule has 1 saturated carbocycles. The number of amides is 2. The van der Waals surface area contributed by atoms with Crippen LogP contribution in [-0.4, -0.2) is 47.2 Å². The van der Waals surface area contributed by atoms with E-state index in [1.54, 1.807) is 11.3 Å². The Bertz CT molecular complexity index is 531. The van der Waals surface area contributed by atoms with Crippen LogP contribution in [0.1, 0.15) is 25.3 Å². The van der Waals surface area contributed by atoms with Gasteiger partial charge in [0.25, 0.3) is 0 Å². The van der Waals surface area contributed by atoms with Crippen molar-refractivity contribution in [3.8, 4) is 0 Å². The van der Waals surface area contributed by atoms with E-state index in [1.165, 1.54) is 0 Å². The summed E-state index contributed by atoms with van der Waals surface area (Å²) in [5.74, 6) is -0.807. The highest BCUT2D eigenvalue weighted by molar-refractivity contribution is 9.11. The minimum atomic E-state index is -0.807. The SMILES string of the molecule is CCN(CC(=O)O)C1CC(NC(=O)NCc2csc(Br)c2)C1. The molecule has 122 valence electrons. The summed E-state index contributed by atoms with van der Waals surface area (Å²) < 4.78 is 1.05. The van der Waals surface area contributed by atoms with Gasteiger partial charge in [0, 0.05) is 18.6 Å². The van der Waals surface area contributed by atoms with E-state index in [1.807, 2.05) is 23.3 Å². The first-order chi connectivity index (χ1) is 10.5. The summed E-state index contributed by atoms with van der Waals surface area (Å²) in [7, 11) is 0. The quantitative estimate of drug-likeness (QED) is 0.667. The standard InChI is InChI=1S/C14H20BrN3O3S/c1-2-18(7-13(19)20)11-4-10(5-11)17-14(21)16-6-9-3-12(15)22-8-9/h3,8,10-11H,2,4-7H2,1H3,(H,19,20)(H2,16,17,21). The lowest BCUT2D eigenvalue weighted by Crippen LogP contribution is -2.56. The molecule has 1 aliphatic rings. The number of carbonyl (C=O) groups is 2. The van der Waals surface area contributed by atoms with E-state index in [2.05, 4.69) is 26.6 Å². The second-order valence-corrected chi connectivity index (χ2v) is 7.66. The fourth-order valence-electron chi connectivity index (χ4n) is 2.53. The summed E-state index contributed by atoms with van der Waals surface area (Å²) in [5, 5.41) is 16.6. The van der Waals surface area contributed by atoms with Gasteiger partial charge < -0.3 is 15.7 Å². The van der Waals surface area contributed by atoms with Crippen LogP contribution in [0.2, 0.25) is 0 Å². The van der Waals surface area contributed by atoms with Gasteiger partial charge in [0.05, 0.1) is 10.3 Å². The number of nitrogens with one attached hydrogen (secondary N) is 2. The molecule has 0 bridgehead atoms. The van der Waals surface area contributed by atoms with Crippen molar-refractivity contribution in [3.05, 3.63) is 20.8 Å². The van der Waals surface area contributed by atoms with E-state index in [0.29, 0.717) is 13.1 Å². The maximum atomic E-state index is 11.8. The lowest BCUT2D eigenvalue weighted by molar-refractivity contribution is -0.139. The van der Waals surface area contributed by atoms with Crippen LogP contribution in [0.15, 0.2) is 15.2 Å². The van der Waals surface area contributed by atoms with Gasteiger partial charge in [-0.2, -0.15) is 0 Å². The first-order valence-electron chi connectivity index (χ1n) is 7.21. The summed E-state index contributed by atoms with van der Waals surface area (Å²) in [5.41, 5.74) is 1.07. The molecule has 1 aliphatic carbocycles. The van der Waals surface area contributed by atoms with Crippen molar-refractivity contribution in [1.82, 2.24) is 15.5 Å². The van der Waals surface area contributed by atoms with Gasteiger partial charge in [-0.1, -0.05) is 6.92 Å². The van der Waals surface area contributed by atoms with Crippen molar-refractivity contribution in [2.24, 2.45) is 0 Å². The Morgan fingerprint density at radius 1 is 1.50 bits per heavy atom. The third kappa shape index (κ3) is 4.96.